The average Bonchev–Trinajstić information content (AvgIpc) is 2.06. The fourth-order valence-corrected chi connectivity index (χ4v) is 5.43. The summed E-state index contributed by atoms with van der Waals surface area (Å²) in [6, 6.07) is 0. The number of rotatable bonds is 7. The second-order valence-corrected chi connectivity index (χ2v) is 22.6. The van der Waals surface area contributed by atoms with Gasteiger partial charge in [-0.3, -0.25) is 9.59 Å². The van der Waals surface area contributed by atoms with Crippen LogP contribution in [0.3, 0.4) is 0 Å². The van der Waals surface area contributed by atoms with Crippen LogP contribution in [0, 0.1) is 0 Å². The Hall–Kier alpha value is -0.449. The van der Waals surface area contributed by atoms with Crippen LogP contribution < -0.4 is 4.98 Å². The lowest BCUT2D eigenvalue weighted by molar-refractivity contribution is -0.147. The number of hydrogen-bond acceptors (Lipinski definition) is 5. The molecule has 1 unspecified atom stereocenters. The molecule has 0 fully saturated rings. The molecular weight excluding hydrogens is 330 g/mol. The van der Waals surface area contributed by atoms with Gasteiger partial charge in [0.25, 0.3) is 5.97 Å². The Morgan fingerprint density at radius 3 is 1.59 bits per heavy atom. The molecule has 0 radical (unpaired) electrons. The lowest BCUT2D eigenvalue weighted by atomic mass is 10.0. The molecule has 0 heterocycles. The highest BCUT2D eigenvalue weighted by Gasteiger charge is 2.43. The van der Waals surface area contributed by atoms with Crippen LogP contribution in [0.15, 0.2) is 0 Å². The third-order valence-corrected chi connectivity index (χ3v) is 5.36. The molecule has 0 rings (SSSR count). The van der Waals surface area contributed by atoms with Gasteiger partial charge in [0.1, 0.15) is 13.8 Å². The molecule has 0 aliphatic carbocycles. The molecule has 8 heteroatoms. The van der Waals surface area contributed by atoms with Gasteiger partial charge in [0.15, 0.2) is 0 Å². The maximum absolute atomic E-state index is 12.6. The lowest BCUT2D eigenvalue weighted by Gasteiger charge is -2.36. The highest BCUT2D eigenvalue weighted by atomic mass is 28.4. The van der Waals surface area contributed by atoms with E-state index in [1.54, 1.807) is 6.92 Å². The highest BCUT2D eigenvalue weighted by molar-refractivity contribution is 6.74. The maximum Gasteiger partial charge on any atom is 0.312 e. The average molecular weight is 364 g/mol. The Morgan fingerprint density at radius 2 is 1.27 bits per heavy atom. The summed E-state index contributed by atoms with van der Waals surface area (Å²) < 4.78 is 11.2. The fourth-order valence-electron chi connectivity index (χ4n) is 2.05. The third-order valence-electron chi connectivity index (χ3n) is 2.42. The molecule has 0 saturated carbocycles. The monoisotopic (exact) mass is 363 g/mol. The molecule has 1 atom stereocenters. The van der Waals surface area contributed by atoms with Gasteiger partial charge in [0.2, 0.25) is 16.6 Å². The van der Waals surface area contributed by atoms with Crippen molar-refractivity contribution in [2.45, 2.75) is 77.8 Å². The first-order valence-electron chi connectivity index (χ1n) is 7.68. The fraction of sp³-hybridized carbons (Fsp3) is 0.857. The molecule has 0 aromatic heterocycles. The normalized spacial score (nSPS) is 15.9. The predicted molar refractivity (Wildman–Crippen MR) is 98.4 cm³/mol. The lowest BCUT2D eigenvalue weighted by Crippen LogP contribution is -2.62. The Balaban J connectivity index is 5.27. The summed E-state index contributed by atoms with van der Waals surface area (Å²) in [6.07, 6.45) is 0.00481. The summed E-state index contributed by atoms with van der Waals surface area (Å²) in [6.45, 7) is 19.8. The first kappa shape index (κ1) is 21.6. The summed E-state index contributed by atoms with van der Waals surface area (Å²) in [5, 5.41) is 0. The van der Waals surface area contributed by atoms with Crippen molar-refractivity contribution >= 4 is 36.8 Å². The van der Waals surface area contributed by atoms with E-state index in [-0.39, 0.29) is 18.4 Å². The van der Waals surface area contributed by atoms with Crippen molar-refractivity contribution in [3.63, 3.8) is 0 Å². The van der Waals surface area contributed by atoms with Gasteiger partial charge in [-0.15, -0.1) is 0 Å². The van der Waals surface area contributed by atoms with E-state index in [4.69, 9.17) is 8.85 Å². The molecule has 0 spiro atoms. The van der Waals surface area contributed by atoms with Crippen LogP contribution in [-0.2, 0) is 18.4 Å². The van der Waals surface area contributed by atoms with Gasteiger partial charge in [-0.1, -0.05) is 19.6 Å². The molecule has 0 amide bonds. The molecule has 0 aliphatic heterocycles. The Labute approximate surface area is 138 Å². The SMILES string of the molecule is CC(CC(=O)O[Si](C)(C)C)(N[Si](C)(C)C)C(=O)O[Si](C)(C)C. The van der Waals surface area contributed by atoms with E-state index in [2.05, 4.69) is 24.6 Å². The van der Waals surface area contributed by atoms with Crippen molar-refractivity contribution in [3.8, 4) is 0 Å². The highest BCUT2D eigenvalue weighted by Crippen LogP contribution is 2.20. The molecule has 22 heavy (non-hydrogen) atoms. The largest absolute Gasteiger partial charge is 0.520 e. The van der Waals surface area contributed by atoms with Crippen LogP contribution in [-0.4, -0.2) is 42.3 Å². The van der Waals surface area contributed by atoms with Gasteiger partial charge in [-0.25, -0.2) is 0 Å². The van der Waals surface area contributed by atoms with E-state index in [0.717, 1.165) is 0 Å². The van der Waals surface area contributed by atoms with Gasteiger partial charge >= 0.3 is 5.97 Å². The summed E-state index contributed by atoms with van der Waals surface area (Å²) in [5.41, 5.74) is -1.03. The second-order valence-electron chi connectivity index (χ2n) is 8.97. The van der Waals surface area contributed by atoms with Gasteiger partial charge in [-0.05, 0) is 46.2 Å². The molecule has 1 N–H and O–H groups in total. The quantitative estimate of drug-likeness (QED) is 0.703. The second kappa shape index (κ2) is 6.98. The van der Waals surface area contributed by atoms with Gasteiger partial charge < -0.3 is 13.8 Å². The number of hydrogen-bond donors (Lipinski definition) is 1. The van der Waals surface area contributed by atoms with Crippen molar-refractivity contribution < 1.29 is 18.4 Å². The Bertz CT molecular complexity index is 421. The van der Waals surface area contributed by atoms with Crippen LogP contribution in [0.5, 0.6) is 0 Å². The zero-order valence-electron chi connectivity index (χ0n) is 15.8. The van der Waals surface area contributed by atoms with E-state index < -0.39 is 30.4 Å². The number of carbonyl (C=O) groups is 2. The van der Waals surface area contributed by atoms with Crippen LogP contribution in [0.2, 0.25) is 58.9 Å². The van der Waals surface area contributed by atoms with Crippen molar-refractivity contribution in [2.24, 2.45) is 0 Å². The standard InChI is InChI=1S/C14H33NO4Si3/c1-14(15-20(2,3)4,13(17)19-22(8,9)10)11-12(16)18-21(5,6)7/h15H,11H2,1-10H3. The van der Waals surface area contributed by atoms with E-state index in [1.807, 2.05) is 39.3 Å². The van der Waals surface area contributed by atoms with Crippen molar-refractivity contribution in [2.75, 3.05) is 0 Å². The van der Waals surface area contributed by atoms with Crippen molar-refractivity contribution in [1.29, 1.82) is 0 Å². The minimum atomic E-state index is -2.02. The van der Waals surface area contributed by atoms with Crippen molar-refractivity contribution in [1.82, 2.24) is 4.98 Å². The minimum absolute atomic E-state index is 0.00481. The minimum Gasteiger partial charge on any atom is -0.520 e. The van der Waals surface area contributed by atoms with Crippen LogP contribution in [0.25, 0.3) is 0 Å². The summed E-state index contributed by atoms with van der Waals surface area (Å²) in [5.74, 6) is -0.679. The molecule has 130 valence electrons. The van der Waals surface area contributed by atoms with Crippen LogP contribution in [0.1, 0.15) is 13.3 Å². The molecule has 5 nitrogen and oxygen atoms in total. The number of carbonyl (C=O) groups excluding carboxylic acids is 2. The topological polar surface area (TPSA) is 64.6 Å². The molecule has 0 aliphatic rings. The smallest absolute Gasteiger partial charge is 0.312 e. The maximum atomic E-state index is 12.6. The first-order valence-corrected chi connectivity index (χ1v) is 18.0. The molecule has 0 saturated heterocycles. The summed E-state index contributed by atoms with van der Waals surface area (Å²) in [7, 11) is -5.78. The van der Waals surface area contributed by atoms with Crippen LogP contribution in [0.4, 0.5) is 0 Å². The predicted octanol–water partition coefficient (Wildman–Crippen LogP) is 3.32. The van der Waals surface area contributed by atoms with E-state index in [9.17, 15) is 9.59 Å². The van der Waals surface area contributed by atoms with Crippen LogP contribution >= 0.6 is 0 Å². The Kier molecular flexibility index (Phi) is 6.84. The van der Waals surface area contributed by atoms with Gasteiger partial charge in [0.05, 0.1) is 6.42 Å². The first-order chi connectivity index (χ1) is 9.44. The molecule has 0 aromatic rings. The third kappa shape index (κ3) is 9.54. The van der Waals surface area contributed by atoms with E-state index >= 15 is 0 Å². The van der Waals surface area contributed by atoms with Gasteiger partial charge in [0, 0.05) is 0 Å². The van der Waals surface area contributed by atoms with Gasteiger partial charge in [-0.2, -0.15) is 0 Å². The summed E-state index contributed by atoms with van der Waals surface area (Å²) in [4.78, 5) is 28.2. The zero-order chi connectivity index (χ0) is 18.0. The van der Waals surface area contributed by atoms with Crippen molar-refractivity contribution in [3.05, 3.63) is 0 Å². The zero-order valence-corrected chi connectivity index (χ0v) is 18.8. The number of nitrogens with one attached hydrogen (secondary N) is 1. The van der Waals surface area contributed by atoms with E-state index in [0.29, 0.717) is 0 Å². The Morgan fingerprint density at radius 1 is 0.864 bits per heavy atom. The molecule has 0 bridgehead atoms. The summed E-state index contributed by atoms with van der Waals surface area (Å²) >= 11 is 0. The molecular formula is C14H33NO4Si3. The van der Waals surface area contributed by atoms with E-state index in [1.165, 1.54) is 0 Å². The molecule has 0 aromatic carbocycles.